The monoisotopic (exact) mass is 402 g/mol. The van der Waals surface area contributed by atoms with Crippen molar-refractivity contribution in [3.05, 3.63) is 53.6 Å². The van der Waals surface area contributed by atoms with Gasteiger partial charge in [-0.25, -0.2) is 21.6 Å². The van der Waals surface area contributed by atoms with Crippen molar-refractivity contribution >= 4 is 37.3 Å². The summed E-state index contributed by atoms with van der Waals surface area (Å²) in [6.07, 6.45) is 1.58. The van der Waals surface area contributed by atoms with Gasteiger partial charge in [0.1, 0.15) is 4.90 Å². The fourth-order valence-electron chi connectivity index (χ4n) is 2.07. The van der Waals surface area contributed by atoms with Crippen LogP contribution in [0.4, 0.5) is 5.69 Å². The van der Waals surface area contributed by atoms with Crippen LogP contribution in [0, 0.1) is 0 Å². The zero-order valence-electron chi connectivity index (χ0n) is 13.6. The van der Waals surface area contributed by atoms with E-state index in [1.165, 1.54) is 36.4 Å². The lowest BCUT2D eigenvalue weighted by Crippen LogP contribution is -2.24. The highest BCUT2D eigenvalue weighted by Gasteiger charge is 2.19. The van der Waals surface area contributed by atoms with E-state index < -0.39 is 20.0 Å². The number of benzene rings is 2. The van der Waals surface area contributed by atoms with Gasteiger partial charge in [0.2, 0.25) is 10.0 Å². The van der Waals surface area contributed by atoms with Gasteiger partial charge in [0.15, 0.2) is 0 Å². The van der Waals surface area contributed by atoms with E-state index in [-0.39, 0.29) is 20.5 Å². The van der Waals surface area contributed by atoms with Gasteiger partial charge in [-0.1, -0.05) is 43.1 Å². The highest BCUT2D eigenvalue weighted by atomic mass is 35.5. The molecule has 0 amide bonds. The van der Waals surface area contributed by atoms with Crippen molar-refractivity contribution in [3.8, 4) is 0 Å². The number of nitrogens with one attached hydrogen (secondary N) is 2. The van der Waals surface area contributed by atoms with Gasteiger partial charge in [-0.2, -0.15) is 0 Å². The van der Waals surface area contributed by atoms with Gasteiger partial charge in [-0.3, -0.25) is 4.72 Å². The molecule has 0 heterocycles. The Bertz CT molecular complexity index is 944. The minimum atomic E-state index is -3.92. The van der Waals surface area contributed by atoms with Crippen LogP contribution in [0.25, 0.3) is 0 Å². The van der Waals surface area contributed by atoms with Crippen molar-refractivity contribution in [1.82, 2.24) is 4.72 Å². The normalized spacial score (nSPS) is 12.1. The molecular formula is C16H19ClN2O4S2. The Morgan fingerprint density at radius 1 is 0.960 bits per heavy atom. The summed E-state index contributed by atoms with van der Waals surface area (Å²) in [4.78, 5) is -0.0889. The van der Waals surface area contributed by atoms with Gasteiger partial charge in [-0.05, 0) is 36.8 Å². The van der Waals surface area contributed by atoms with E-state index in [4.69, 9.17) is 11.6 Å². The molecule has 0 saturated heterocycles. The lowest BCUT2D eigenvalue weighted by Gasteiger charge is -2.11. The highest BCUT2D eigenvalue weighted by molar-refractivity contribution is 7.93. The van der Waals surface area contributed by atoms with E-state index in [9.17, 15) is 16.8 Å². The third-order valence-electron chi connectivity index (χ3n) is 3.35. The zero-order valence-corrected chi connectivity index (χ0v) is 16.0. The van der Waals surface area contributed by atoms with Crippen LogP contribution in [-0.2, 0) is 20.0 Å². The maximum Gasteiger partial charge on any atom is 0.263 e. The smallest absolute Gasteiger partial charge is 0.263 e. The molecule has 25 heavy (non-hydrogen) atoms. The predicted octanol–water partition coefficient (Wildman–Crippen LogP) is 3.22. The molecule has 2 N–H and O–H groups in total. The Labute approximate surface area is 153 Å². The van der Waals surface area contributed by atoms with Crippen molar-refractivity contribution in [2.24, 2.45) is 0 Å². The van der Waals surface area contributed by atoms with E-state index >= 15 is 0 Å². The Kier molecular flexibility index (Phi) is 6.45. The molecule has 0 fully saturated rings. The van der Waals surface area contributed by atoms with Gasteiger partial charge in [0.25, 0.3) is 10.0 Å². The molecule has 9 heteroatoms. The molecule has 0 atom stereocenters. The molecule has 0 saturated carbocycles. The van der Waals surface area contributed by atoms with Crippen LogP contribution >= 0.6 is 11.6 Å². The summed E-state index contributed by atoms with van der Waals surface area (Å²) in [5.41, 5.74) is 0.137. The van der Waals surface area contributed by atoms with Crippen molar-refractivity contribution in [3.63, 3.8) is 0 Å². The largest absolute Gasteiger partial charge is 0.280 e. The molecule has 0 unspecified atom stereocenters. The summed E-state index contributed by atoms with van der Waals surface area (Å²) in [5.74, 6) is 0. The van der Waals surface area contributed by atoms with Crippen molar-refractivity contribution < 1.29 is 16.8 Å². The number of unbranched alkanes of at least 4 members (excludes halogenated alkanes) is 1. The summed E-state index contributed by atoms with van der Waals surface area (Å²) in [6.45, 7) is 2.28. The lowest BCUT2D eigenvalue weighted by atomic mass is 10.3. The van der Waals surface area contributed by atoms with E-state index in [1.807, 2.05) is 6.92 Å². The van der Waals surface area contributed by atoms with Crippen molar-refractivity contribution in [1.29, 1.82) is 0 Å². The maximum atomic E-state index is 12.4. The standard InChI is InChI=1S/C16H19ClN2O4S2/c1-2-3-11-18-24(20,21)14-8-6-7-13(12-14)19-25(22,23)16-10-5-4-9-15(16)17/h4-10,12,18-19H,2-3,11H2,1H3. The minimum absolute atomic E-state index is 0.0111. The Morgan fingerprint density at radius 3 is 2.36 bits per heavy atom. The number of hydrogen-bond acceptors (Lipinski definition) is 4. The first-order chi connectivity index (χ1) is 11.8. The average Bonchev–Trinajstić information content (AvgIpc) is 2.55. The molecule has 6 nitrogen and oxygen atoms in total. The predicted molar refractivity (Wildman–Crippen MR) is 98.8 cm³/mol. The Morgan fingerprint density at radius 2 is 1.68 bits per heavy atom. The summed E-state index contributed by atoms with van der Waals surface area (Å²) < 4.78 is 54.2. The summed E-state index contributed by atoms with van der Waals surface area (Å²) >= 11 is 5.92. The molecule has 0 aliphatic carbocycles. The van der Waals surface area contributed by atoms with E-state index in [1.54, 1.807) is 12.1 Å². The van der Waals surface area contributed by atoms with Crippen LogP contribution in [0.15, 0.2) is 58.3 Å². The number of hydrogen-bond donors (Lipinski definition) is 2. The van der Waals surface area contributed by atoms with Crippen LogP contribution in [0.5, 0.6) is 0 Å². The van der Waals surface area contributed by atoms with Gasteiger partial charge in [-0.15, -0.1) is 0 Å². The number of anilines is 1. The van der Waals surface area contributed by atoms with E-state index in [0.717, 1.165) is 12.8 Å². The lowest BCUT2D eigenvalue weighted by molar-refractivity contribution is 0.578. The van der Waals surface area contributed by atoms with Gasteiger partial charge in [0, 0.05) is 6.54 Å². The molecule has 136 valence electrons. The summed E-state index contributed by atoms with van der Waals surface area (Å²) in [7, 11) is -7.62. The van der Waals surface area contributed by atoms with Gasteiger partial charge < -0.3 is 0 Å². The SMILES string of the molecule is CCCCNS(=O)(=O)c1cccc(NS(=O)(=O)c2ccccc2Cl)c1. The molecule has 0 spiro atoms. The Balaban J connectivity index is 2.26. The van der Waals surface area contributed by atoms with E-state index in [0.29, 0.717) is 6.54 Å². The maximum absolute atomic E-state index is 12.4. The first-order valence-corrected chi connectivity index (χ1v) is 11.0. The van der Waals surface area contributed by atoms with E-state index in [2.05, 4.69) is 9.44 Å². The third-order valence-corrected chi connectivity index (χ3v) is 6.68. The molecule has 0 bridgehead atoms. The van der Waals surface area contributed by atoms with Crippen LogP contribution in [-0.4, -0.2) is 23.4 Å². The van der Waals surface area contributed by atoms with Crippen LogP contribution in [0.1, 0.15) is 19.8 Å². The Hall–Kier alpha value is -1.61. The molecule has 2 aromatic rings. The summed E-state index contributed by atoms with van der Waals surface area (Å²) in [5, 5.41) is 0.0833. The van der Waals surface area contributed by atoms with Crippen LogP contribution < -0.4 is 9.44 Å². The molecule has 2 rings (SSSR count). The zero-order chi connectivity index (χ0) is 18.5. The quantitative estimate of drug-likeness (QED) is 0.663. The third kappa shape index (κ3) is 5.18. The van der Waals surface area contributed by atoms with Crippen LogP contribution in [0.2, 0.25) is 5.02 Å². The van der Waals surface area contributed by atoms with Crippen molar-refractivity contribution in [2.45, 2.75) is 29.6 Å². The van der Waals surface area contributed by atoms with Gasteiger partial charge >= 0.3 is 0 Å². The number of sulfonamides is 2. The number of rotatable bonds is 8. The second-order valence-electron chi connectivity index (χ2n) is 5.32. The minimum Gasteiger partial charge on any atom is -0.280 e. The fraction of sp³-hybridized carbons (Fsp3) is 0.250. The summed E-state index contributed by atoms with van der Waals surface area (Å²) in [6, 6.07) is 11.6. The second kappa shape index (κ2) is 8.18. The first-order valence-electron chi connectivity index (χ1n) is 7.63. The molecule has 0 aliphatic rings. The average molecular weight is 403 g/mol. The molecule has 0 radical (unpaired) electrons. The molecule has 0 aliphatic heterocycles. The van der Waals surface area contributed by atoms with Gasteiger partial charge in [0.05, 0.1) is 15.6 Å². The fourth-order valence-corrected chi connectivity index (χ4v) is 4.76. The first kappa shape index (κ1) is 19.7. The molecule has 0 aromatic heterocycles. The second-order valence-corrected chi connectivity index (χ2v) is 9.14. The highest BCUT2D eigenvalue weighted by Crippen LogP contribution is 2.24. The van der Waals surface area contributed by atoms with Crippen molar-refractivity contribution in [2.75, 3.05) is 11.3 Å². The molecule has 2 aromatic carbocycles. The molecular weight excluding hydrogens is 384 g/mol. The van der Waals surface area contributed by atoms with Crippen LogP contribution in [0.3, 0.4) is 0 Å². The number of halogens is 1. The topological polar surface area (TPSA) is 92.3 Å².